The van der Waals surface area contributed by atoms with Crippen LogP contribution in [0.5, 0.6) is 0 Å². The Kier molecular flexibility index (Phi) is 8.74. The molecule has 0 unspecified atom stereocenters. The van der Waals surface area contributed by atoms with Crippen molar-refractivity contribution in [1.82, 2.24) is 19.7 Å². The molecule has 0 saturated heterocycles. The Balaban J connectivity index is 1.85. The number of amides is 1. The Hall–Kier alpha value is -2.58. The molecule has 3 N–H and O–H groups in total. The summed E-state index contributed by atoms with van der Waals surface area (Å²) in [5.41, 5.74) is -0.489. The number of hydrogen-bond acceptors (Lipinski definition) is 7. The molecule has 2 aromatic carbocycles. The molecule has 176 valence electrons. The van der Waals surface area contributed by atoms with Crippen molar-refractivity contribution in [3.8, 4) is 5.69 Å². The summed E-state index contributed by atoms with van der Waals surface area (Å²) in [5, 5.41) is 16.9. The van der Waals surface area contributed by atoms with E-state index in [-0.39, 0.29) is 32.0 Å². The minimum atomic E-state index is -2.67. The van der Waals surface area contributed by atoms with Crippen LogP contribution in [0.4, 0.5) is 0 Å². The summed E-state index contributed by atoms with van der Waals surface area (Å²) < 4.78 is 16.8. The number of hydrogen-bond donors (Lipinski definition) is 3. The number of carbonyl (C=O) groups excluding carboxylic acids is 1. The van der Waals surface area contributed by atoms with E-state index in [4.69, 9.17) is 16.3 Å². The van der Waals surface area contributed by atoms with E-state index in [0.717, 1.165) is 15.4 Å². The Bertz CT molecular complexity index is 1230. The van der Waals surface area contributed by atoms with Crippen LogP contribution in [0.1, 0.15) is 22.0 Å². The number of aliphatic hydroxyl groups excluding tert-OH is 1. The molecular weight excluding hydrogens is 567 g/mol. The van der Waals surface area contributed by atoms with Crippen molar-refractivity contribution in [3.63, 3.8) is 0 Å². The first-order valence-electron chi connectivity index (χ1n) is 9.62. The van der Waals surface area contributed by atoms with Crippen LogP contribution in [0.25, 0.3) is 5.69 Å². The molecule has 0 aliphatic heterocycles. The predicted octanol–water partition coefficient (Wildman–Crippen LogP) is 1.49. The molecule has 0 saturated carbocycles. The zero-order valence-corrected chi connectivity index (χ0v) is 20.4. The zero-order chi connectivity index (χ0) is 24.0. The van der Waals surface area contributed by atoms with Crippen LogP contribution in [-0.4, -0.2) is 47.1 Å². The standard InChI is InChI=1S/C21H22ClIN4O6/c1-33-13-23(32)12-26-19(29)11-25-27(21(26)31)15-7-8-17(22)16(9-15)20(30)24-10-18(28)14-5-3-2-4-6-14/h2-9,11,18,28,32H,10,12-13H2,1H3,(H,24,30)/t18-/m1/s1. The van der Waals surface area contributed by atoms with E-state index in [9.17, 15) is 22.9 Å². The van der Waals surface area contributed by atoms with Gasteiger partial charge in [0.1, 0.15) is 0 Å². The molecule has 1 heterocycles. The van der Waals surface area contributed by atoms with Gasteiger partial charge in [-0.05, 0) is 0 Å². The van der Waals surface area contributed by atoms with Gasteiger partial charge in [-0.3, -0.25) is 0 Å². The number of rotatable bonds is 9. The summed E-state index contributed by atoms with van der Waals surface area (Å²) >= 11 is 3.51. The fraction of sp³-hybridized carbons (Fsp3) is 0.238. The minimum absolute atomic E-state index is 0.0465. The molecule has 1 aromatic heterocycles. The number of nitrogens with one attached hydrogen (secondary N) is 1. The van der Waals surface area contributed by atoms with E-state index in [0.29, 0.717) is 5.56 Å². The van der Waals surface area contributed by atoms with Gasteiger partial charge in [0.25, 0.3) is 0 Å². The summed E-state index contributed by atoms with van der Waals surface area (Å²) in [7, 11) is 1.42. The molecule has 3 rings (SSSR count). The fourth-order valence-corrected chi connectivity index (χ4v) is 5.45. The van der Waals surface area contributed by atoms with Crippen LogP contribution in [0, 0.1) is 0 Å². The summed E-state index contributed by atoms with van der Waals surface area (Å²) in [6.45, 7) is -0.0465. The van der Waals surface area contributed by atoms with Crippen molar-refractivity contribution >= 4 is 37.7 Å². The third-order valence-corrected chi connectivity index (χ3v) is 7.67. The molecular formula is C21H22ClIN4O6. The number of nitrogens with zero attached hydrogens (tertiary/aromatic N) is 3. The first-order chi connectivity index (χ1) is 15.8. The van der Waals surface area contributed by atoms with Crippen LogP contribution < -0.4 is 16.6 Å². The average Bonchev–Trinajstić information content (AvgIpc) is 2.81. The van der Waals surface area contributed by atoms with Gasteiger partial charge in [-0.25, -0.2) is 0 Å². The molecule has 12 heteroatoms. The average molecular weight is 589 g/mol. The second-order valence-electron chi connectivity index (χ2n) is 6.85. The van der Waals surface area contributed by atoms with Crippen molar-refractivity contribution in [2.24, 2.45) is 0 Å². The van der Waals surface area contributed by atoms with E-state index in [2.05, 4.69) is 10.4 Å². The van der Waals surface area contributed by atoms with Gasteiger partial charge in [0, 0.05) is 0 Å². The molecule has 10 nitrogen and oxygen atoms in total. The van der Waals surface area contributed by atoms with E-state index in [1.165, 1.54) is 25.3 Å². The molecule has 0 aliphatic carbocycles. The number of carbonyl (C=O) groups is 1. The van der Waals surface area contributed by atoms with Crippen molar-refractivity contribution in [1.29, 1.82) is 0 Å². The van der Waals surface area contributed by atoms with Crippen molar-refractivity contribution in [2.75, 3.05) is 18.3 Å². The number of aliphatic hydroxyl groups is 1. The second-order valence-corrected chi connectivity index (χ2v) is 11.0. The van der Waals surface area contributed by atoms with Crippen LogP contribution in [-0.2, 0) is 9.29 Å². The normalized spacial score (nSPS) is 12.3. The SMILES string of the molecule is COCI(O)Cn1c(=O)cnn(-c2ccc(Cl)c(C(=O)NC[C@@H](O)c3ccccc3)c2)c1=O. The molecule has 0 aliphatic rings. The van der Waals surface area contributed by atoms with Gasteiger partial charge in [0.15, 0.2) is 0 Å². The fourth-order valence-electron chi connectivity index (χ4n) is 2.92. The molecule has 3 aromatic rings. The first kappa shape index (κ1) is 25.1. The molecule has 33 heavy (non-hydrogen) atoms. The topological polar surface area (TPSA) is 136 Å². The maximum atomic E-state index is 12.8. The second kappa shape index (κ2) is 11.5. The first-order valence-corrected chi connectivity index (χ1v) is 14.0. The van der Waals surface area contributed by atoms with Crippen LogP contribution in [0.3, 0.4) is 0 Å². The molecule has 0 fully saturated rings. The Morgan fingerprint density at radius 3 is 2.67 bits per heavy atom. The van der Waals surface area contributed by atoms with E-state index in [1.54, 1.807) is 24.3 Å². The molecule has 1 amide bonds. The van der Waals surface area contributed by atoms with Gasteiger partial charge in [0.2, 0.25) is 0 Å². The van der Waals surface area contributed by atoms with Crippen LogP contribution >= 0.6 is 31.8 Å². The van der Waals surface area contributed by atoms with Gasteiger partial charge in [-0.15, -0.1) is 0 Å². The number of benzene rings is 2. The third-order valence-electron chi connectivity index (χ3n) is 4.53. The number of methoxy groups -OCH3 is 1. The monoisotopic (exact) mass is 588 g/mol. The van der Waals surface area contributed by atoms with Crippen LogP contribution in [0.2, 0.25) is 5.02 Å². The summed E-state index contributed by atoms with van der Waals surface area (Å²) in [6, 6.07) is 13.1. The quantitative estimate of drug-likeness (QED) is 0.255. The summed E-state index contributed by atoms with van der Waals surface area (Å²) in [6.07, 6.45) is 0.0520. The van der Waals surface area contributed by atoms with Gasteiger partial charge >= 0.3 is 171 Å². The Morgan fingerprint density at radius 2 is 1.97 bits per heavy atom. The third kappa shape index (κ3) is 6.26. The van der Waals surface area contributed by atoms with Crippen LogP contribution in [0.15, 0.2) is 64.3 Å². The number of halogens is 2. The zero-order valence-electron chi connectivity index (χ0n) is 17.5. The van der Waals surface area contributed by atoms with E-state index in [1.807, 2.05) is 6.07 Å². The molecule has 0 bridgehead atoms. The van der Waals surface area contributed by atoms with Gasteiger partial charge in [-0.1, -0.05) is 30.3 Å². The number of ether oxygens (including phenoxy) is 1. The van der Waals surface area contributed by atoms with Crippen molar-refractivity contribution < 1.29 is 18.1 Å². The van der Waals surface area contributed by atoms with Gasteiger partial charge in [-0.2, -0.15) is 0 Å². The Labute approximate surface area is 201 Å². The molecule has 0 spiro atoms. The van der Waals surface area contributed by atoms with Crippen molar-refractivity contribution in [2.45, 2.75) is 10.7 Å². The van der Waals surface area contributed by atoms with Gasteiger partial charge in [0.05, 0.1) is 0 Å². The van der Waals surface area contributed by atoms with E-state index < -0.39 is 43.5 Å². The molecule has 1 atom stereocenters. The van der Waals surface area contributed by atoms with Gasteiger partial charge < -0.3 is 0 Å². The summed E-state index contributed by atoms with van der Waals surface area (Å²) in [5.74, 6) is -0.554. The number of aromatic nitrogens is 3. The maximum absolute atomic E-state index is 12.8. The van der Waals surface area contributed by atoms with Crippen molar-refractivity contribution in [3.05, 3.63) is 91.7 Å². The van der Waals surface area contributed by atoms with E-state index >= 15 is 0 Å². The predicted molar refractivity (Wildman–Crippen MR) is 131 cm³/mol. The Morgan fingerprint density at radius 1 is 1.24 bits per heavy atom. The molecule has 0 radical (unpaired) electrons. The summed E-state index contributed by atoms with van der Waals surface area (Å²) in [4.78, 5) is 37.6. The number of alkyl halides is 2.